The van der Waals surface area contributed by atoms with Gasteiger partial charge in [-0.15, -0.1) is 0 Å². The third kappa shape index (κ3) is 2.91. The Balaban J connectivity index is 1.96. The van der Waals surface area contributed by atoms with E-state index in [1.807, 2.05) is 36.4 Å². The van der Waals surface area contributed by atoms with Gasteiger partial charge < -0.3 is 14.9 Å². The highest BCUT2D eigenvalue weighted by molar-refractivity contribution is 5.99. The van der Waals surface area contributed by atoms with Crippen LogP contribution in [0.4, 0.5) is 5.82 Å². The van der Waals surface area contributed by atoms with Crippen LogP contribution in [0.1, 0.15) is 17.3 Å². The maximum absolute atomic E-state index is 13.0. The number of fused-ring (bicyclic) bond motifs is 2. The molecule has 0 aliphatic heterocycles. The van der Waals surface area contributed by atoms with Crippen molar-refractivity contribution in [2.75, 3.05) is 12.3 Å². The Bertz CT molecular complexity index is 1230. The van der Waals surface area contributed by atoms with Crippen molar-refractivity contribution in [2.45, 2.75) is 6.92 Å². The maximum Gasteiger partial charge on any atom is 0.341 e. The molecule has 134 valence electrons. The number of benzene rings is 2. The van der Waals surface area contributed by atoms with Crippen molar-refractivity contribution in [3.63, 3.8) is 0 Å². The highest BCUT2D eigenvalue weighted by Gasteiger charge is 2.17. The zero-order chi connectivity index (χ0) is 19.0. The molecule has 0 aliphatic carbocycles. The Labute approximate surface area is 154 Å². The van der Waals surface area contributed by atoms with E-state index in [1.54, 1.807) is 19.1 Å². The van der Waals surface area contributed by atoms with Gasteiger partial charge in [-0.1, -0.05) is 36.4 Å². The van der Waals surface area contributed by atoms with Gasteiger partial charge in [-0.2, -0.15) is 4.98 Å². The van der Waals surface area contributed by atoms with Crippen LogP contribution < -0.4 is 11.2 Å². The molecular weight excluding hydrogens is 344 g/mol. The van der Waals surface area contributed by atoms with Gasteiger partial charge in [0.2, 0.25) is 11.1 Å². The molecule has 2 heterocycles. The SMILES string of the molecule is CCOC(=O)c1cc2c(=O)c3cc(-c4ccccc4)ccc3oc2nc1N. The third-order valence-electron chi connectivity index (χ3n) is 4.29. The van der Waals surface area contributed by atoms with Gasteiger partial charge >= 0.3 is 5.97 Å². The fourth-order valence-electron chi connectivity index (χ4n) is 2.98. The number of carbonyl (C=O) groups is 1. The zero-order valence-corrected chi connectivity index (χ0v) is 14.6. The van der Waals surface area contributed by atoms with Crippen LogP contribution in [0.15, 0.2) is 63.8 Å². The lowest BCUT2D eigenvalue weighted by atomic mass is 10.0. The lowest BCUT2D eigenvalue weighted by molar-refractivity contribution is 0.0527. The lowest BCUT2D eigenvalue weighted by Gasteiger charge is -2.08. The van der Waals surface area contributed by atoms with Crippen LogP contribution in [-0.2, 0) is 4.74 Å². The standard InChI is InChI=1S/C21H16N2O4/c1-2-26-21(25)16-11-15-18(24)14-10-13(12-6-4-3-5-7-12)8-9-17(14)27-20(15)23-19(16)22/h3-11H,2H2,1H3,(H2,22,23). The summed E-state index contributed by atoms with van der Waals surface area (Å²) in [7, 11) is 0. The van der Waals surface area contributed by atoms with E-state index in [0.29, 0.717) is 11.0 Å². The molecule has 2 aromatic carbocycles. The van der Waals surface area contributed by atoms with Crippen LogP contribution in [0.3, 0.4) is 0 Å². The maximum atomic E-state index is 13.0. The van der Waals surface area contributed by atoms with E-state index < -0.39 is 5.97 Å². The summed E-state index contributed by atoms with van der Waals surface area (Å²) in [5.41, 5.74) is 7.99. The van der Waals surface area contributed by atoms with E-state index in [4.69, 9.17) is 14.9 Å². The van der Waals surface area contributed by atoms with E-state index in [2.05, 4.69) is 4.98 Å². The summed E-state index contributed by atoms with van der Waals surface area (Å²) in [5.74, 6) is -0.661. The second-order valence-corrected chi connectivity index (χ2v) is 6.00. The Morgan fingerprint density at radius 2 is 1.85 bits per heavy atom. The van der Waals surface area contributed by atoms with Gasteiger partial charge in [-0.3, -0.25) is 4.79 Å². The van der Waals surface area contributed by atoms with E-state index >= 15 is 0 Å². The van der Waals surface area contributed by atoms with Gasteiger partial charge in [0, 0.05) is 0 Å². The molecule has 6 nitrogen and oxygen atoms in total. The molecule has 4 rings (SSSR count). The van der Waals surface area contributed by atoms with Crippen molar-refractivity contribution in [2.24, 2.45) is 0 Å². The van der Waals surface area contributed by atoms with E-state index in [0.717, 1.165) is 11.1 Å². The molecule has 27 heavy (non-hydrogen) atoms. The average Bonchev–Trinajstić information content (AvgIpc) is 2.68. The monoisotopic (exact) mass is 360 g/mol. The second kappa shape index (κ2) is 6.57. The molecule has 0 radical (unpaired) electrons. The number of anilines is 1. The Morgan fingerprint density at radius 1 is 1.07 bits per heavy atom. The summed E-state index contributed by atoms with van der Waals surface area (Å²) in [6, 6.07) is 16.5. The molecule has 6 heteroatoms. The highest BCUT2D eigenvalue weighted by atomic mass is 16.5. The molecule has 0 saturated heterocycles. The highest BCUT2D eigenvalue weighted by Crippen LogP contribution is 2.26. The number of rotatable bonds is 3. The minimum Gasteiger partial charge on any atom is -0.462 e. The van der Waals surface area contributed by atoms with Gasteiger partial charge in [0.05, 0.1) is 17.4 Å². The first-order valence-corrected chi connectivity index (χ1v) is 8.48. The number of nitrogens with zero attached hydrogens (tertiary/aromatic N) is 1. The van der Waals surface area contributed by atoms with Crippen LogP contribution in [0, 0.1) is 0 Å². The van der Waals surface area contributed by atoms with Crippen molar-refractivity contribution in [1.29, 1.82) is 0 Å². The molecule has 0 unspecified atom stereocenters. The average molecular weight is 360 g/mol. The smallest absolute Gasteiger partial charge is 0.341 e. The first-order chi connectivity index (χ1) is 13.1. The van der Waals surface area contributed by atoms with Crippen LogP contribution >= 0.6 is 0 Å². The molecular formula is C21H16N2O4. The number of aromatic nitrogens is 1. The fraction of sp³-hybridized carbons (Fsp3) is 0.0952. The van der Waals surface area contributed by atoms with Gasteiger partial charge in [-0.05, 0) is 36.2 Å². The van der Waals surface area contributed by atoms with Gasteiger partial charge in [0.1, 0.15) is 17.0 Å². The molecule has 2 aromatic heterocycles. The van der Waals surface area contributed by atoms with Gasteiger partial charge in [-0.25, -0.2) is 4.79 Å². The number of ether oxygens (including phenoxy) is 1. The summed E-state index contributed by atoms with van der Waals surface area (Å²) in [4.78, 5) is 29.2. The molecule has 0 amide bonds. The van der Waals surface area contributed by atoms with Crippen LogP contribution in [0.5, 0.6) is 0 Å². The minimum absolute atomic E-state index is 0.0376. The molecule has 2 N–H and O–H groups in total. The fourth-order valence-corrected chi connectivity index (χ4v) is 2.98. The first kappa shape index (κ1) is 16.8. The van der Waals surface area contributed by atoms with Crippen LogP contribution in [0.25, 0.3) is 33.2 Å². The van der Waals surface area contributed by atoms with Crippen molar-refractivity contribution in [1.82, 2.24) is 4.98 Å². The first-order valence-electron chi connectivity index (χ1n) is 8.48. The topological polar surface area (TPSA) is 95.4 Å². The number of pyridine rings is 1. The molecule has 0 bridgehead atoms. The minimum atomic E-state index is -0.623. The molecule has 0 atom stereocenters. The molecule has 4 aromatic rings. The summed E-state index contributed by atoms with van der Waals surface area (Å²) < 4.78 is 10.7. The number of carbonyl (C=O) groups excluding carboxylic acids is 1. The number of nitrogen functional groups attached to an aromatic ring is 1. The Morgan fingerprint density at radius 3 is 2.59 bits per heavy atom. The van der Waals surface area contributed by atoms with Crippen molar-refractivity contribution < 1.29 is 13.9 Å². The van der Waals surface area contributed by atoms with Crippen molar-refractivity contribution in [3.05, 3.63) is 70.4 Å². The number of esters is 1. The van der Waals surface area contributed by atoms with Crippen molar-refractivity contribution in [3.8, 4) is 11.1 Å². The largest absolute Gasteiger partial charge is 0.462 e. The third-order valence-corrected chi connectivity index (χ3v) is 4.29. The van der Waals surface area contributed by atoms with E-state index in [-0.39, 0.29) is 34.5 Å². The molecule has 0 spiro atoms. The Kier molecular flexibility index (Phi) is 4.08. The van der Waals surface area contributed by atoms with E-state index in [9.17, 15) is 9.59 Å². The zero-order valence-electron chi connectivity index (χ0n) is 14.6. The molecule has 0 saturated carbocycles. The van der Waals surface area contributed by atoms with Crippen LogP contribution in [-0.4, -0.2) is 17.6 Å². The summed E-state index contributed by atoms with van der Waals surface area (Å²) in [6.07, 6.45) is 0. The van der Waals surface area contributed by atoms with Gasteiger partial charge in [0.25, 0.3) is 0 Å². The van der Waals surface area contributed by atoms with Crippen molar-refractivity contribution >= 4 is 33.9 Å². The predicted molar refractivity (Wildman–Crippen MR) is 104 cm³/mol. The number of nitrogens with two attached hydrogens (primary N) is 1. The molecule has 0 fully saturated rings. The summed E-state index contributed by atoms with van der Waals surface area (Å²) in [6.45, 7) is 1.89. The quantitative estimate of drug-likeness (QED) is 0.441. The number of hydrogen-bond acceptors (Lipinski definition) is 6. The molecule has 0 aliphatic rings. The second-order valence-electron chi connectivity index (χ2n) is 6.00. The summed E-state index contributed by atoms with van der Waals surface area (Å²) >= 11 is 0. The van der Waals surface area contributed by atoms with Gasteiger partial charge in [0.15, 0.2) is 0 Å². The normalized spacial score (nSPS) is 11.0. The van der Waals surface area contributed by atoms with E-state index in [1.165, 1.54) is 6.07 Å². The Hall–Kier alpha value is -3.67. The number of hydrogen-bond donors (Lipinski definition) is 1. The summed E-state index contributed by atoms with van der Waals surface area (Å²) in [5, 5.41) is 0.593. The van der Waals surface area contributed by atoms with Crippen LogP contribution in [0.2, 0.25) is 0 Å². The predicted octanol–water partition coefficient (Wildman–Crippen LogP) is 3.77. The lowest BCUT2D eigenvalue weighted by Crippen LogP contribution is -2.12.